The van der Waals surface area contributed by atoms with Crippen LogP contribution in [0.3, 0.4) is 0 Å². The molecule has 0 aromatic rings. The number of fused-ring (bicyclic) bond motifs is 3. The minimum absolute atomic E-state index is 0. The Morgan fingerprint density at radius 1 is 1.38 bits per heavy atom. The standard InChI is InChI=1S/C12H16.Fe/c1-8-4-9-2-3-10-7-12(10)11(5-8)6-9;/h6,9-10H,2-5,7H2,1H3;/q-2;+3. The van der Waals surface area contributed by atoms with Gasteiger partial charge in [-0.3, -0.25) is 0 Å². The van der Waals surface area contributed by atoms with Gasteiger partial charge in [-0.05, 0) is 0 Å². The van der Waals surface area contributed by atoms with Crippen molar-refractivity contribution in [2.24, 2.45) is 11.8 Å². The molecule has 0 amide bonds. The van der Waals surface area contributed by atoms with Crippen LogP contribution in [0.15, 0.2) is 11.1 Å². The minimum atomic E-state index is 0. The summed E-state index contributed by atoms with van der Waals surface area (Å²) in [4.78, 5) is 0. The number of hydrogen-bond donors (Lipinski definition) is 0. The Kier molecular flexibility index (Phi) is 2.50. The van der Waals surface area contributed by atoms with Crippen molar-refractivity contribution in [3.63, 3.8) is 0 Å². The summed E-state index contributed by atoms with van der Waals surface area (Å²) in [5, 5.41) is 0. The van der Waals surface area contributed by atoms with E-state index >= 15 is 0 Å². The first-order valence-electron chi connectivity index (χ1n) is 5.21. The van der Waals surface area contributed by atoms with Gasteiger partial charge in [0.15, 0.2) is 0 Å². The van der Waals surface area contributed by atoms with Crippen molar-refractivity contribution in [1.29, 1.82) is 0 Å². The first-order chi connectivity index (χ1) is 5.83. The molecule has 0 N–H and O–H groups in total. The van der Waals surface area contributed by atoms with Gasteiger partial charge in [0.1, 0.15) is 0 Å². The van der Waals surface area contributed by atoms with Gasteiger partial charge >= 0.3 is 17.1 Å². The van der Waals surface area contributed by atoms with Gasteiger partial charge in [0.05, 0.1) is 0 Å². The Labute approximate surface area is 91.6 Å². The molecular weight excluding hydrogens is 200 g/mol. The molecule has 2 atom stereocenters. The Morgan fingerprint density at radius 2 is 2.23 bits per heavy atom. The van der Waals surface area contributed by atoms with Crippen LogP contribution in [0.1, 0.15) is 39.0 Å². The molecule has 0 aromatic carbocycles. The molecule has 1 heteroatoms. The Hall–Kier alpha value is 0.129. The van der Waals surface area contributed by atoms with E-state index in [9.17, 15) is 0 Å². The maximum atomic E-state index is 2.58. The third-order valence-electron chi connectivity index (χ3n) is 3.64. The molecule has 0 heterocycles. The molecule has 1 radical (unpaired) electrons. The fourth-order valence-electron chi connectivity index (χ4n) is 2.94. The SMILES string of the molecule is C[C-]1CC2=C3CC3CCC([CH-]2)C1.[Fe+3]. The van der Waals surface area contributed by atoms with Gasteiger partial charge in [-0.2, -0.15) is 19.8 Å². The van der Waals surface area contributed by atoms with Crippen LogP contribution in [0.5, 0.6) is 0 Å². The van der Waals surface area contributed by atoms with Crippen LogP contribution in [0.2, 0.25) is 0 Å². The van der Waals surface area contributed by atoms with E-state index in [0.29, 0.717) is 0 Å². The molecule has 13 heavy (non-hydrogen) atoms. The Morgan fingerprint density at radius 3 is 3.08 bits per heavy atom. The maximum absolute atomic E-state index is 2.58. The van der Waals surface area contributed by atoms with Gasteiger partial charge in [-0.15, -0.1) is 12.3 Å². The zero-order chi connectivity index (χ0) is 8.13. The monoisotopic (exact) mass is 216 g/mol. The van der Waals surface area contributed by atoms with Crippen molar-refractivity contribution in [3.8, 4) is 0 Å². The van der Waals surface area contributed by atoms with Crippen molar-refractivity contribution >= 4 is 0 Å². The van der Waals surface area contributed by atoms with Crippen LogP contribution in [0, 0.1) is 24.2 Å². The molecule has 3 rings (SSSR count). The second-order valence-electron chi connectivity index (χ2n) is 4.79. The van der Waals surface area contributed by atoms with Crippen LogP contribution in [-0.2, 0) is 17.1 Å². The maximum Gasteiger partial charge on any atom is 3.00 e. The quantitative estimate of drug-likeness (QED) is 0.430. The fourth-order valence-corrected chi connectivity index (χ4v) is 2.94. The average Bonchev–Trinajstić information content (AvgIpc) is 2.77. The van der Waals surface area contributed by atoms with E-state index in [1.165, 1.54) is 32.1 Å². The fraction of sp³-hybridized carbons (Fsp3) is 0.667. The van der Waals surface area contributed by atoms with Crippen molar-refractivity contribution in [3.05, 3.63) is 23.5 Å². The van der Waals surface area contributed by atoms with Crippen LogP contribution >= 0.6 is 0 Å². The molecule has 3 aliphatic rings. The van der Waals surface area contributed by atoms with Gasteiger partial charge in [-0.1, -0.05) is 18.8 Å². The summed E-state index contributed by atoms with van der Waals surface area (Å²) in [5.41, 5.74) is 3.54. The van der Waals surface area contributed by atoms with E-state index in [1.54, 1.807) is 11.5 Å². The predicted octanol–water partition coefficient (Wildman–Crippen LogP) is 3.30. The van der Waals surface area contributed by atoms with Crippen molar-refractivity contribution in [2.45, 2.75) is 39.0 Å². The van der Waals surface area contributed by atoms with E-state index in [4.69, 9.17) is 0 Å². The normalized spacial score (nSPS) is 37.0. The van der Waals surface area contributed by atoms with Gasteiger partial charge in [0, 0.05) is 0 Å². The molecule has 0 spiro atoms. The van der Waals surface area contributed by atoms with Crippen molar-refractivity contribution < 1.29 is 17.1 Å². The molecule has 3 aliphatic carbocycles. The summed E-state index contributed by atoms with van der Waals surface area (Å²) in [6.45, 7) is 2.34. The summed E-state index contributed by atoms with van der Waals surface area (Å²) >= 11 is 0. The molecule has 2 fully saturated rings. The zero-order valence-corrected chi connectivity index (χ0v) is 9.23. The Bertz CT molecular complexity index is 242. The van der Waals surface area contributed by atoms with E-state index in [2.05, 4.69) is 13.3 Å². The smallest absolute Gasteiger partial charge is 0.316 e. The van der Waals surface area contributed by atoms with Crippen molar-refractivity contribution in [2.75, 3.05) is 0 Å². The summed E-state index contributed by atoms with van der Waals surface area (Å²) < 4.78 is 0. The zero-order valence-electron chi connectivity index (χ0n) is 8.12. The molecule has 2 unspecified atom stereocenters. The largest absolute Gasteiger partial charge is 3.00 e. The first-order valence-corrected chi connectivity index (χ1v) is 5.21. The van der Waals surface area contributed by atoms with Crippen LogP contribution < -0.4 is 0 Å². The second kappa shape index (κ2) is 3.37. The van der Waals surface area contributed by atoms with Gasteiger partial charge in [0.2, 0.25) is 0 Å². The van der Waals surface area contributed by atoms with Crippen LogP contribution in [-0.4, -0.2) is 0 Å². The van der Waals surface area contributed by atoms with E-state index in [1.807, 2.05) is 5.57 Å². The van der Waals surface area contributed by atoms with E-state index in [-0.39, 0.29) is 17.1 Å². The van der Waals surface area contributed by atoms with Gasteiger partial charge < -0.3 is 5.92 Å². The van der Waals surface area contributed by atoms with E-state index in [0.717, 1.165) is 11.8 Å². The van der Waals surface area contributed by atoms with Crippen molar-refractivity contribution in [1.82, 2.24) is 0 Å². The molecule has 2 bridgehead atoms. The number of allylic oxidation sites excluding steroid dienone is 2. The average molecular weight is 216 g/mol. The topological polar surface area (TPSA) is 0 Å². The summed E-state index contributed by atoms with van der Waals surface area (Å²) in [5.74, 6) is 3.65. The van der Waals surface area contributed by atoms with Crippen LogP contribution in [0.25, 0.3) is 0 Å². The summed E-state index contributed by atoms with van der Waals surface area (Å²) in [6, 6.07) is 0. The molecule has 2 saturated carbocycles. The third-order valence-corrected chi connectivity index (χ3v) is 3.64. The molecule has 0 aromatic heterocycles. The predicted molar refractivity (Wildman–Crippen MR) is 50.3 cm³/mol. The minimum Gasteiger partial charge on any atom is -0.316 e. The van der Waals surface area contributed by atoms with Gasteiger partial charge in [0.25, 0.3) is 0 Å². The Balaban J connectivity index is 0.000000653. The first kappa shape index (κ1) is 9.68. The third kappa shape index (κ3) is 1.69. The summed E-state index contributed by atoms with van der Waals surface area (Å²) in [6.07, 6.45) is 9.63. The number of rotatable bonds is 0. The summed E-state index contributed by atoms with van der Waals surface area (Å²) in [7, 11) is 0. The van der Waals surface area contributed by atoms with E-state index < -0.39 is 0 Å². The molecule has 71 valence electrons. The second-order valence-corrected chi connectivity index (χ2v) is 4.79. The molecule has 0 aliphatic heterocycles. The number of hydrogen-bond acceptors (Lipinski definition) is 0. The molecule has 0 nitrogen and oxygen atoms in total. The molecule has 0 saturated heterocycles. The van der Waals surface area contributed by atoms with Crippen LogP contribution in [0.4, 0.5) is 0 Å². The molecular formula is C12H16Fe+. The van der Waals surface area contributed by atoms with Gasteiger partial charge in [-0.25, -0.2) is 17.6 Å².